The number of hydrogen-bond acceptors (Lipinski definition) is 3. The average Bonchev–Trinajstić information content (AvgIpc) is 2.52. The molecule has 0 amide bonds. The Labute approximate surface area is 136 Å². The zero-order chi connectivity index (χ0) is 17.0. The van der Waals surface area contributed by atoms with Crippen molar-refractivity contribution < 1.29 is 19.4 Å². The summed E-state index contributed by atoms with van der Waals surface area (Å²) in [5.74, 6) is 0.380. The van der Waals surface area contributed by atoms with Gasteiger partial charge in [-0.2, -0.15) is 0 Å². The standard InChI is InChI=1S/C19H22O4/c1-19(2,3)15-6-8-16(9-7-15)23-12-14-11-13(18(20)21)5-10-17(14)22-4/h5-11H,12H2,1-4H3,(H,20,21). The summed E-state index contributed by atoms with van der Waals surface area (Å²) in [6.07, 6.45) is 0. The van der Waals surface area contributed by atoms with Gasteiger partial charge < -0.3 is 14.6 Å². The largest absolute Gasteiger partial charge is 0.496 e. The molecule has 0 aliphatic rings. The molecule has 2 rings (SSSR count). The highest BCUT2D eigenvalue weighted by Crippen LogP contribution is 2.26. The van der Waals surface area contributed by atoms with E-state index in [9.17, 15) is 4.79 Å². The molecule has 0 bridgehead atoms. The molecule has 0 saturated carbocycles. The Hall–Kier alpha value is -2.49. The summed E-state index contributed by atoms with van der Waals surface area (Å²) >= 11 is 0. The maximum atomic E-state index is 11.1. The highest BCUT2D eigenvalue weighted by atomic mass is 16.5. The molecule has 4 nitrogen and oxygen atoms in total. The first-order valence-corrected chi connectivity index (χ1v) is 7.45. The van der Waals surface area contributed by atoms with Crippen molar-refractivity contribution in [3.8, 4) is 11.5 Å². The highest BCUT2D eigenvalue weighted by molar-refractivity contribution is 5.88. The predicted octanol–water partition coefficient (Wildman–Crippen LogP) is 4.27. The van der Waals surface area contributed by atoms with Crippen molar-refractivity contribution in [2.24, 2.45) is 0 Å². The van der Waals surface area contributed by atoms with Gasteiger partial charge in [-0.25, -0.2) is 4.79 Å². The molecule has 4 heteroatoms. The van der Waals surface area contributed by atoms with Crippen molar-refractivity contribution >= 4 is 5.97 Å². The number of rotatable bonds is 5. The van der Waals surface area contributed by atoms with Gasteiger partial charge in [-0.3, -0.25) is 0 Å². The van der Waals surface area contributed by atoms with Crippen LogP contribution in [-0.4, -0.2) is 18.2 Å². The summed E-state index contributed by atoms with van der Waals surface area (Å²) in [4.78, 5) is 11.1. The minimum atomic E-state index is -0.969. The normalized spacial score (nSPS) is 11.1. The van der Waals surface area contributed by atoms with Crippen molar-refractivity contribution in [1.82, 2.24) is 0 Å². The summed E-state index contributed by atoms with van der Waals surface area (Å²) in [7, 11) is 1.55. The third kappa shape index (κ3) is 4.25. The number of hydrogen-bond donors (Lipinski definition) is 1. The summed E-state index contributed by atoms with van der Waals surface area (Å²) < 4.78 is 11.0. The van der Waals surface area contributed by atoms with Gasteiger partial charge in [0, 0.05) is 5.56 Å². The molecule has 1 N–H and O–H groups in total. The smallest absolute Gasteiger partial charge is 0.335 e. The first-order chi connectivity index (χ1) is 10.8. The monoisotopic (exact) mass is 314 g/mol. The number of carbonyl (C=O) groups is 1. The number of methoxy groups -OCH3 is 1. The van der Waals surface area contributed by atoms with E-state index in [0.29, 0.717) is 11.3 Å². The van der Waals surface area contributed by atoms with Crippen LogP contribution in [0.1, 0.15) is 42.3 Å². The lowest BCUT2D eigenvalue weighted by molar-refractivity contribution is 0.0696. The zero-order valence-corrected chi connectivity index (χ0v) is 13.9. The number of benzene rings is 2. The summed E-state index contributed by atoms with van der Waals surface area (Å²) in [5.41, 5.74) is 2.24. The number of carboxylic acid groups (broad SMARTS) is 1. The van der Waals surface area contributed by atoms with Gasteiger partial charge in [-0.15, -0.1) is 0 Å². The quantitative estimate of drug-likeness (QED) is 0.895. The van der Waals surface area contributed by atoms with E-state index in [1.54, 1.807) is 19.2 Å². The summed E-state index contributed by atoms with van der Waals surface area (Å²) in [6, 6.07) is 12.7. The summed E-state index contributed by atoms with van der Waals surface area (Å²) in [6.45, 7) is 6.72. The van der Waals surface area contributed by atoms with Crippen molar-refractivity contribution in [3.05, 3.63) is 59.2 Å². The van der Waals surface area contributed by atoms with E-state index in [1.807, 2.05) is 24.3 Å². The Morgan fingerprint density at radius 3 is 2.26 bits per heavy atom. The Morgan fingerprint density at radius 1 is 1.09 bits per heavy atom. The topological polar surface area (TPSA) is 55.8 Å². The van der Waals surface area contributed by atoms with Gasteiger partial charge in [0.2, 0.25) is 0 Å². The molecular weight excluding hydrogens is 292 g/mol. The average molecular weight is 314 g/mol. The van der Waals surface area contributed by atoms with E-state index in [0.717, 1.165) is 5.75 Å². The SMILES string of the molecule is COc1ccc(C(=O)O)cc1COc1ccc(C(C)(C)C)cc1. The molecule has 0 heterocycles. The Bertz CT molecular complexity index is 682. The molecule has 0 aliphatic carbocycles. The van der Waals surface area contributed by atoms with Gasteiger partial charge >= 0.3 is 5.97 Å². The third-order valence-electron chi connectivity index (χ3n) is 3.64. The molecule has 0 spiro atoms. The minimum Gasteiger partial charge on any atom is -0.496 e. The van der Waals surface area contributed by atoms with Crippen LogP contribution in [0.25, 0.3) is 0 Å². The third-order valence-corrected chi connectivity index (χ3v) is 3.64. The fourth-order valence-corrected chi connectivity index (χ4v) is 2.24. The van der Waals surface area contributed by atoms with Crippen LogP contribution in [0.15, 0.2) is 42.5 Å². The van der Waals surface area contributed by atoms with Crippen LogP contribution in [0.2, 0.25) is 0 Å². The molecule has 0 aliphatic heterocycles. The van der Waals surface area contributed by atoms with Gasteiger partial charge in [0.1, 0.15) is 18.1 Å². The van der Waals surface area contributed by atoms with Crippen molar-refractivity contribution in [1.29, 1.82) is 0 Å². The van der Waals surface area contributed by atoms with Crippen LogP contribution >= 0.6 is 0 Å². The fourth-order valence-electron chi connectivity index (χ4n) is 2.24. The lowest BCUT2D eigenvalue weighted by Gasteiger charge is -2.19. The lowest BCUT2D eigenvalue weighted by Crippen LogP contribution is -2.10. The molecule has 2 aromatic rings. The van der Waals surface area contributed by atoms with E-state index in [4.69, 9.17) is 14.6 Å². The molecule has 0 saturated heterocycles. The van der Waals surface area contributed by atoms with Gasteiger partial charge in [-0.05, 0) is 41.3 Å². The summed E-state index contributed by atoms with van der Waals surface area (Å²) in [5, 5.41) is 9.08. The molecule has 0 radical (unpaired) electrons. The lowest BCUT2D eigenvalue weighted by atomic mass is 9.87. The van der Waals surface area contributed by atoms with Crippen molar-refractivity contribution in [2.45, 2.75) is 32.8 Å². The Balaban J connectivity index is 2.14. The molecule has 23 heavy (non-hydrogen) atoms. The maximum Gasteiger partial charge on any atom is 0.335 e. The molecule has 0 unspecified atom stereocenters. The fraction of sp³-hybridized carbons (Fsp3) is 0.316. The predicted molar refractivity (Wildman–Crippen MR) is 89.4 cm³/mol. The first kappa shape index (κ1) is 16.9. The van der Waals surface area contributed by atoms with Crippen molar-refractivity contribution in [2.75, 3.05) is 7.11 Å². The zero-order valence-electron chi connectivity index (χ0n) is 13.9. The number of ether oxygens (including phenoxy) is 2. The second-order valence-corrected chi connectivity index (χ2v) is 6.39. The number of carboxylic acids is 1. The van der Waals surface area contributed by atoms with Gasteiger partial charge in [0.15, 0.2) is 0 Å². The molecular formula is C19H22O4. The highest BCUT2D eigenvalue weighted by Gasteiger charge is 2.13. The van der Waals surface area contributed by atoms with Crippen LogP contribution in [-0.2, 0) is 12.0 Å². The van der Waals surface area contributed by atoms with Gasteiger partial charge in [-0.1, -0.05) is 32.9 Å². The molecule has 2 aromatic carbocycles. The second-order valence-electron chi connectivity index (χ2n) is 6.39. The molecule has 122 valence electrons. The first-order valence-electron chi connectivity index (χ1n) is 7.45. The molecule has 0 fully saturated rings. The Kier molecular flexibility index (Phi) is 4.94. The molecule has 0 aromatic heterocycles. The van der Waals surface area contributed by atoms with Crippen LogP contribution in [0.5, 0.6) is 11.5 Å². The van der Waals surface area contributed by atoms with E-state index >= 15 is 0 Å². The van der Waals surface area contributed by atoms with Gasteiger partial charge in [0.25, 0.3) is 0 Å². The van der Waals surface area contributed by atoms with E-state index in [-0.39, 0.29) is 17.6 Å². The van der Waals surface area contributed by atoms with E-state index in [2.05, 4.69) is 20.8 Å². The van der Waals surface area contributed by atoms with Gasteiger partial charge in [0.05, 0.1) is 12.7 Å². The number of aromatic carboxylic acids is 1. The van der Waals surface area contributed by atoms with E-state index < -0.39 is 5.97 Å². The second kappa shape index (κ2) is 6.73. The van der Waals surface area contributed by atoms with Crippen LogP contribution < -0.4 is 9.47 Å². The minimum absolute atomic E-state index is 0.0948. The van der Waals surface area contributed by atoms with Crippen LogP contribution in [0.3, 0.4) is 0 Å². The van der Waals surface area contributed by atoms with E-state index in [1.165, 1.54) is 11.6 Å². The van der Waals surface area contributed by atoms with Crippen LogP contribution in [0, 0.1) is 0 Å². The van der Waals surface area contributed by atoms with Crippen molar-refractivity contribution in [3.63, 3.8) is 0 Å². The molecule has 0 atom stereocenters. The Morgan fingerprint density at radius 2 is 1.74 bits per heavy atom. The maximum absolute atomic E-state index is 11.1. The van der Waals surface area contributed by atoms with Crippen LogP contribution in [0.4, 0.5) is 0 Å².